The van der Waals surface area contributed by atoms with E-state index in [1.807, 2.05) is 11.8 Å². The van der Waals surface area contributed by atoms with Gasteiger partial charge in [-0.15, -0.1) is 11.8 Å². The summed E-state index contributed by atoms with van der Waals surface area (Å²) in [6, 6.07) is 9.82. The van der Waals surface area contributed by atoms with Crippen molar-refractivity contribution in [1.82, 2.24) is 5.32 Å². The Balaban J connectivity index is 2.00. The highest BCUT2D eigenvalue weighted by atomic mass is 32.2. The molecular formula is C16H25NS. The molecule has 0 saturated heterocycles. The molecule has 0 heterocycles. The van der Waals surface area contributed by atoms with Crippen molar-refractivity contribution >= 4 is 11.8 Å². The van der Waals surface area contributed by atoms with Crippen LogP contribution in [0.25, 0.3) is 0 Å². The minimum atomic E-state index is 0.436. The Kier molecular flexibility index (Phi) is 4.39. The Morgan fingerprint density at radius 2 is 1.72 bits per heavy atom. The van der Waals surface area contributed by atoms with E-state index in [1.54, 1.807) is 0 Å². The summed E-state index contributed by atoms with van der Waals surface area (Å²) in [6.45, 7) is 10.1. The monoisotopic (exact) mass is 263 g/mol. The average Bonchev–Trinajstić information content (AvgIpc) is 3.08. The molecule has 1 saturated carbocycles. The normalized spacial score (nSPS) is 17.4. The zero-order chi connectivity index (χ0) is 13.2. The molecule has 0 atom stereocenters. The molecule has 2 heteroatoms. The second kappa shape index (κ2) is 5.66. The topological polar surface area (TPSA) is 12.0 Å². The lowest BCUT2D eigenvalue weighted by molar-refractivity contribution is 0.520. The molecule has 0 amide bonds. The molecule has 0 aliphatic heterocycles. The molecule has 1 fully saturated rings. The number of hydrogen-bond donors (Lipinski definition) is 1. The van der Waals surface area contributed by atoms with Gasteiger partial charge < -0.3 is 5.32 Å². The first-order chi connectivity index (χ1) is 8.52. The van der Waals surface area contributed by atoms with Crippen LogP contribution < -0.4 is 5.32 Å². The molecule has 1 N–H and O–H groups in total. The van der Waals surface area contributed by atoms with Gasteiger partial charge in [-0.3, -0.25) is 0 Å². The van der Waals surface area contributed by atoms with Gasteiger partial charge in [-0.1, -0.05) is 39.8 Å². The average molecular weight is 263 g/mol. The summed E-state index contributed by atoms with van der Waals surface area (Å²) in [5, 5.41) is 4.25. The second-order valence-electron chi connectivity index (χ2n) is 6.01. The molecule has 0 bridgehead atoms. The summed E-state index contributed by atoms with van der Waals surface area (Å²) in [5.41, 5.74) is 1.95. The van der Waals surface area contributed by atoms with E-state index in [0.717, 1.165) is 6.54 Å². The summed E-state index contributed by atoms with van der Waals surface area (Å²) >= 11 is 1.94. The molecule has 100 valence electrons. The van der Waals surface area contributed by atoms with Gasteiger partial charge in [0.05, 0.1) is 0 Å². The van der Waals surface area contributed by atoms with Crippen molar-refractivity contribution in [1.29, 1.82) is 0 Å². The molecule has 0 aromatic heterocycles. The fraction of sp³-hybridized carbons (Fsp3) is 0.625. The van der Waals surface area contributed by atoms with Crippen molar-refractivity contribution in [2.45, 2.75) is 62.1 Å². The fourth-order valence-electron chi connectivity index (χ4n) is 2.28. The number of hydrogen-bond acceptors (Lipinski definition) is 2. The predicted molar refractivity (Wildman–Crippen MR) is 81.5 cm³/mol. The predicted octanol–water partition coefficient (Wildman–Crippen LogP) is 4.22. The Morgan fingerprint density at radius 3 is 2.17 bits per heavy atom. The standard InChI is InChI=1S/C16H25NS/c1-12(2)17-11-16(9-10-16)14-5-7-15(8-6-14)18-13(3)4/h5-8,12-13,17H,9-11H2,1-4H3. The molecular weight excluding hydrogens is 238 g/mol. The Labute approximate surface area is 116 Å². The molecule has 0 unspecified atom stereocenters. The molecule has 1 aromatic carbocycles. The molecule has 2 rings (SSSR count). The highest BCUT2D eigenvalue weighted by molar-refractivity contribution is 7.99. The van der Waals surface area contributed by atoms with E-state index in [4.69, 9.17) is 0 Å². The van der Waals surface area contributed by atoms with Gasteiger partial charge in [-0.05, 0) is 30.5 Å². The third-order valence-corrected chi connectivity index (χ3v) is 4.56. The van der Waals surface area contributed by atoms with Gasteiger partial charge in [0.15, 0.2) is 0 Å². The largest absolute Gasteiger partial charge is 0.314 e. The number of rotatable bonds is 6. The van der Waals surface area contributed by atoms with Gasteiger partial charge >= 0.3 is 0 Å². The van der Waals surface area contributed by atoms with Crippen molar-refractivity contribution in [3.8, 4) is 0 Å². The van der Waals surface area contributed by atoms with E-state index in [2.05, 4.69) is 57.3 Å². The quantitative estimate of drug-likeness (QED) is 0.771. The Hall–Kier alpha value is -0.470. The fourth-order valence-corrected chi connectivity index (χ4v) is 3.11. The molecule has 0 radical (unpaired) electrons. The van der Waals surface area contributed by atoms with Crippen molar-refractivity contribution in [3.05, 3.63) is 29.8 Å². The van der Waals surface area contributed by atoms with Crippen LogP contribution in [0.3, 0.4) is 0 Å². The number of thioether (sulfide) groups is 1. The van der Waals surface area contributed by atoms with E-state index in [-0.39, 0.29) is 0 Å². The molecule has 1 nitrogen and oxygen atoms in total. The van der Waals surface area contributed by atoms with Crippen molar-refractivity contribution in [2.24, 2.45) is 0 Å². The summed E-state index contributed by atoms with van der Waals surface area (Å²) in [6.07, 6.45) is 2.67. The van der Waals surface area contributed by atoms with Crippen LogP contribution in [0.4, 0.5) is 0 Å². The highest BCUT2D eigenvalue weighted by Gasteiger charge is 2.43. The Bertz CT molecular complexity index is 377. The zero-order valence-corrected chi connectivity index (χ0v) is 12.8. The van der Waals surface area contributed by atoms with Gasteiger partial charge in [0.2, 0.25) is 0 Å². The first kappa shape index (κ1) is 14.0. The van der Waals surface area contributed by atoms with E-state index >= 15 is 0 Å². The van der Waals surface area contributed by atoms with Gasteiger partial charge in [-0.2, -0.15) is 0 Å². The van der Waals surface area contributed by atoms with Gasteiger partial charge in [-0.25, -0.2) is 0 Å². The van der Waals surface area contributed by atoms with Crippen LogP contribution in [0.15, 0.2) is 29.2 Å². The van der Waals surface area contributed by atoms with Crippen LogP contribution in [0.2, 0.25) is 0 Å². The zero-order valence-electron chi connectivity index (χ0n) is 12.0. The van der Waals surface area contributed by atoms with Crippen LogP contribution in [0.1, 0.15) is 46.1 Å². The first-order valence-electron chi connectivity index (χ1n) is 7.02. The highest BCUT2D eigenvalue weighted by Crippen LogP contribution is 2.48. The van der Waals surface area contributed by atoms with Crippen LogP contribution in [0, 0.1) is 0 Å². The minimum absolute atomic E-state index is 0.436. The maximum atomic E-state index is 3.59. The van der Waals surface area contributed by atoms with E-state index in [0.29, 0.717) is 16.7 Å². The third-order valence-electron chi connectivity index (χ3n) is 3.54. The smallest absolute Gasteiger partial charge is 0.00785 e. The van der Waals surface area contributed by atoms with Gasteiger partial charge in [0, 0.05) is 28.1 Å². The lowest BCUT2D eigenvalue weighted by Gasteiger charge is -2.19. The SMILES string of the molecule is CC(C)NCC1(c2ccc(SC(C)C)cc2)CC1. The van der Waals surface area contributed by atoms with Gasteiger partial charge in [0.1, 0.15) is 0 Å². The van der Waals surface area contributed by atoms with Crippen LogP contribution in [0.5, 0.6) is 0 Å². The lowest BCUT2D eigenvalue weighted by Crippen LogP contribution is -2.31. The van der Waals surface area contributed by atoms with Gasteiger partial charge in [0.25, 0.3) is 0 Å². The second-order valence-corrected chi connectivity index (χ2v) is 7.66. The van der Waals surface area contributed by atoms with Crippen molar-refractivity contribution < 1.29 is 0 Å². The van der Waals surface area contributed by atoms with E-state index in [9.17, 15) is 0 Å². The minimum Gasteiger partial charge on any atom is -0.314 e. The van der Waals surface area contributed by atoms with Crippen molar-refractivity contribution in [2.75, 3.05) is 6.54 Å². The molecule has 1 aliphatic rings. The maximum Gasteiger partial charge on any atom is 0.00785 e. The van der Waals surface area contributed by atoms with Crippen LogP contribution in [-0.2, 0) is 5.41 Å². The summed E-state index contributed by atoms with van der Waals surface area (Å²) in [7, 11) is 0. The van der Waals surface area contributed by atoms with Crippen molar-refractivity contribution in [3.63, 3.8) is 0 Å². The molecule has 1 aromatic rings. The molecule has 18 heavy (non-hydrogen) atoms. The summed E-state index contributed by atoms with van der Waals surface area (Å²) in [5.74, 6) is 0. The molecule has 0 spiro atoms. The number of benzene rings is 1. The van der Waals surface area contributed by atoms with Crippen LogP contribution in [-0.4, -0.2) is 17.8 Å². The Morgan fingerprint density at radius 1 is 1.11 bits per heavy atom. The lowest BCUT2D eigenvalue weighted by atomic mass is 9.96. The number of nitrogens with one attached hydrogen (secondary N) is 1. The maximum absolute atomic E-state index is 3.59. The molecule has 1 aliphatic carbocycles. The summed E-state index contributed by atoms with van der Waals surface area (Å²) < 4.78 is 0. The first-order valence-corrected chi connectivity index (χ1v) is 7.90. The summed E-state index contributed by atoms with van der Waals surface area (Å²) in [4.78, 5) is 1.39. The van der Waals surface area contributed by atoms with E-state index < -0.39 is 0 Å². The third kappa shape index (κ3) is 3.52. The van der Waals surface area contributed by atoms with Crippen LogP contribution >= 0.6 is 11.8 Å². The van der Waals surface area contributed by atoms with E-state index in [1.165, 1.54) is 23.3 Å².